The molecule has 524 valence electrons. The number of rotatable bonds is 43. The number of aromatic amines is 1. The summed E-state index contributed by atoms with van der Waals surface area (Å²) in [6.45, 7) is 13.4. The Morgan fingerprint density at radius 1 is 0.516 bits per heavy atom. The van der Waals surface area contributed by atoms with Gasteiger partial charge in [-0.25, -0.2) is 0 Å². The van der Waals surface area contributed by atoms with Gasteiger partial charge in [0.05, 0.1) is 6.42 Å². The monoisotopic (exact) mass is 1330 g/mol. The smallest absolute Gasteiger partial charge is 0.303 e. The quantitative estimate of drug-likeness (QED) is 0.0172. The highest BCUT2D eigenvalue weighted by molar-refractivity contribution is 6.00. The van der Waals surface area contributed by atoms with Gasteiger partial charge in [-0.05, 0) is 99.8 Å². The van der Waals surface area contributed by atoms with Crippen molar-refractivity contribution < 1.29 is 67.4 Å². The van der Waals surface area contributed by atoms with Crippen molar-refractivity contribution in [2.45, 2.75) is 199 Å². The van der Waals surface area contributed by atoms with Crippen molar-refractivity contribution in [3.05, 3.63) is 71.9 Å². The van der Waals surface area contributed by atoms with E-state index in [1.165, 1.54) is 13.8 Å². The Morgan fingerprint density at radius 3 is 1.51 bits per heavy atom. The molecule has 0 fully saturated rings. The van der Waals surface area contributed by atoms with Crippen LogP contribution in [0.25, 0.3) is 10.9 Å². The summed E-state index contributed by atoms with van der Waals surface area (Å²) < 4.78 is 0. The number of nitrogens with two attached hydrogens (primary N) is 5. The van der Waals surface area contributed by atoms with E-state index in [1.807, 2.05) is 13.8 Å². The molecule has 1 heterocycles. The fourth-order valence-electron chi connectivity index (χ4n) is 10.2. The van der Waals surface area contributed by atoms with Crippen molar-refractivity contribution in [1.82, 2.24) is 58.2 Å². The number of aliphatic imine (C=N–C) groups is 1. The number of carbonyl (C=O) groups is 13. The van der Waals surface area contributed by atoms with E-state index in [0.29, 0.717) is 34.9 Å². The molecule has 0 aliphatic carbocycles. The highest BCUT2D eigenvalue weighted by atomic mass is 16.4. The lowest BCUT2D eigenvalue weighted by Gasteiger charge is -2.30. The predicted molar refractivity (Wildman–Crippen MR) is 354 cm³/mol. The lowest BCUT2D eigenvalue weighted by Crippen LogP contribution is -2.62. The number of fused-ring (bicyclic) bond motifs is 1. The molecule has 0 unspecified atom stereocenters. The minimum absolute atomic E-state index is 0.0326. The van der Waals surface area contributed by atoms with Crippen molar-refractivity contribution in [3.63, 3.8) is 0 Å². The van der Waals surface area contributed by atoms with Crippen LogP contribution in [-0.4, -0.2) is 166 Å². The molecule has 12 amide bonds. The van der Waals surface area contributed by atoms with Gasteiger partial charge in [0.25, 0.3) is 0 Å². The van der Waals surface area contributed by atoms with Gasteiger partial charge < -0.3 is 91.9 Å². The predicted octanol–water partition coefficient (Wildman–Crippen LogP) is -1.61. The number of nitrogens with zero attached hydrogens (tertiary/aromatic N) is 1. The van der Waals surface area contributed by atoms with Crippen LogP contribution in [-0.2, 0) is 75.2 Å². The summed E-state index contributed by atoms with van der Waals surface area (Å²) in [6.07, 6.45) is 0.753. The summed E-state index contributed by atoms with van der Waals surface area (Å²) >= 11 is 0. The number of primary amides is 2. The number of H-pyrrole nitrogens is 1. The van der Waals surface area contributed by atoms with Crippen LogP contribution in [0.1, 0.15) is 137 Å². The third kappa shape index (κ3) is 28.6. The molecule has 95 heavy (non-hydrogen) atoms. The van der Waals surface area contributed by atoms with Crippen molar-refractivity contribution in [2.75, 3.05) is 13.1 Å². The minimum Gasteiger partial charge on any atom is -0.481 e. The number of benzene rings is 2. The van der Waals surface area contributed by atoms with E-state index in [1.54, 1.807) is 88.5 Å². The Morgan fingerprint density at radius 2 is 0.979 bits per heavy atom. The maximum absolute atomic E-state index is 14.9. The molecule has 0 spiro atoms. The van der Waals surface area contributed by atoms with E-state index in [9.17, 15) is 67.4 Å². The van der Waals surface area contributed by atoms with Gasteiger partial charge >= 0.3 is 5.97 Å². The zero-order valence-corrected chi connectivity index (χ0v) is 55.5. The second-order valence-corrected chi connectivity index (χ2v) is 24.5. The van der Waals surface area contributed by atoms with Gasteiger partial charge in [-0.15, -0.1) is 0 Å². The van der Waals surface area contributed by atoms with Crippen LogP contribution in [0.3, 0.4) is 0 Å². The Balaban J connectivity index is 2.05. The standard InChI is InChI=1S/C64H99N17O14/c1-9-36(6)53(81-62(94)48(30-39-18-11-10-12-19-39)78-60(92)47(29-35(4)5)76-55(87)43(73-38(8)82)23-17-27-70-64(68)69)63(95)75-45(24-25-52(84)85)57(89)79-49(31-40-33-71-42-21-14-13-20-41(40)42)61(93)77-46(28-34(2)3)59(91)74-44(22-15-16-26-65)56(88)80-50(32-51(66)83)58(90)72-37(7)54(67)86/h10-14,18-21,33-37,43-50,53,71H,9,15-17,22-32,65H2,1-8H3,(H2,66,83)(H2,67,86)(H,72,90)(H,73,82)(H,74,91)(H,75,95)(H,76,87)(H,77,93)(H,78,92)(H,79,89)(H,80,88)(H,81,94)(H,84,85)(H4,68,69,70)/t36-,37+,43-,44-,45-,46-,47-,48-,49-,50-,53-/m0/s1. The molecule has 22 N–H and O–H groups in total. The summed E-state index contributed by atoms with van der Waals surface area (Å²) in [4.78, 5) is 184. The lowest BCUT2D eigenvalue weighted by molar-refractivity contribution is -0.139. The number of guanidine groups is 1. The number of amides is 12. The minimum atomic E-state index is -1.68. The molecule has 11 atom stereocenters. The summed E-state index contributed by atoms with van der Waals surface area (Å²) in [5.41, 5.74) is 29.2. The van der Waals surface area contributed by atoms with Gasteiger partial charge in [-0.3, -0.25) is 67.3 Å². The number of hydrogen-bond acceptors (Lipinski definition) is 15. The number of hydrogen-bond donors (Lipinski definition) is 17. The summed E-state index contributed by atoms with van der Waals surface area (Å²) in [5.74, 6) is -13.0. The molecule has 3 aromatic rings. The number of aromatic nitrogens is 1. The van der Waals surface area contributed by atoms with Crippen LogP contribution in [0.2, 0.25) is 0 Å². The number of para-hydroxylation sites is 1. The summed E-state index contributed by atoms with van der Waals surface area (Å²) in [5, 5.41) is 36.8. The average molecular weight is 1330 g/mol. The molecular formula is C64H99N17O14. The van der Waals surface area contributed by atoms with Gasteiger partial charge in [0.1, 0.15) is 60.4 Å². The maximum atomic E-state index is 14.9. The number of carboxylic acids is 1. The topological polar surface area (TPSA) is 521 Å². The molecule has 0 aliphatic heterocycles. The zero-order valence-electron chi connectivity index (χ0n) is 55.5. The van der Waals surface area contributed by atoms with Crippen LogP contribution < -0.4 is 81.8 Å². The molecule has 0 radical (unpaired) electrons. The number of carboxylic acid groups (broad SMARTS) is 1. The highest BCUT2D eigenvalue weighted by Crippen LogP contribution is 2.21. The Hall–Kier alpha value is -9.68. The molecule has 31 nitrogen and oxygen atoms in total. The zero-order chi connectivity index (χ0) is 71.1. The van der Waals surface area contributed by atoms with E-state index < -0.39 is 162 Å². The van der Waals surface area contributed by atoms with Crippen molar-refractivity contribution in [1.29, 1.82) is 0 Å². The molecule has 1 aromatic heterocycles. The molecule has 31 heteroatoms. The first-order valence-corrected chi connectivity index (χ1v) is 32.0. The molecule has 2 aromatic carbocycles. The SMILES string of the molecule is CC[C@H](C)[C@H](NC(=O)[C@H](Cc1ccccc1)NC(=O)[C@H](CC(C)C)NC(=O)[C@H](CCCN=C(N)N)NC(C)=O)C(=O)N[C@@H](CCC(=O)O)C(=O)N[C@@H](Cc1c[nH]c2ccccc12)C(=O)N[C@@H](CC(C)C)C(=O)N[C@@H](CCCCN)C(=O)N[C@@H](CC(N)=O)C(=O)N[C@H](C)C(N)=O. The van der Waals surface area contributed by atoms with Crippen LogP contribution in [0.4, 0.5) is 0 Å². The molecule has 3 rings (SSSR count). The van der Waals surface area contributed by atoms with Gasteiger partial charge in [0.2, 0.25) is 70.9 Å². The van der Waals surface area contributed by atoms with Crippen LogP contribution in [0, 0.1) is 17.8 Å². The van der Waals surface area contributed by atoms with Crippen LogP contribution >= 0.6 is 0 Å². The van der Waals surface area contributed by atoms with Gasteiger partial charge in [0, 0.05) is 49.8 Å². The van der Waals surface area contributed by atoms with Crippen LogP contribution in [0.15, 0.2) is 65.8 Å². The van der Waals surface area contributed by atoms with E-state index in [-0.39, 0.29) is 82.3 Å². The van der Waals surface area contributed by atoms with E-state index >= 15 is 0 Å². The summed E-state index contributed by atoms with van der Waals surface area (Å²) in [7, 11) is 0. The Kier molecular flexibility index (Phi) is 33.9. The molecular weight excluding hydrogens is 1230 g/mol. The van der Waals surface area contributed by atoms with Gasteiger partial charge in [-0.1, -0.05) is 96.5 Å². The fourth-order valence-corrected chi connectivity index (χ4v) is 10.2. The first-order valence-electron chi connectivity index (χ1n) is 32.0. The average Bonchev–Trinajstić information content (AvgIpc) is 1.78. The maximum Gasteiger partial charge on any atom is 0.303 e. The first-order chi connectivity index (χ1) is 44.8. The lowest BCUT2D eigenvalue weighted by atomic mass is 9.96. The number of unbranched alkanes of at least 4 members (excludes halogenated alkanes) is 1. The summed E-state index contributed by atoms with van der Waals surface area (Å²) in [6, 6.07) is 1.68. The van der Waals surface area contributed by atoms with E-state index in [2.05, 4.69) is 63.1 Å². The second-order valence-electron chi connectivity index (χ2n) is 24.5. The van der Waals surface area contributed by atoms with Crippen LogP contribution in [0.5, 0.6) is 0 Å². The van der Waals surface area contributed by atoms with E-state index in [0.717, 1.165) is 0 Å². The Bertz CT molecular complexity index is 3140. The number of nitrogens with one attached hydrogen (secondary N) is 11. The van der Waals surface area contributed by atoms with Gasteiger partial charge in [-0.2, -0.15) is 0 Å². The van der Waals surface area contributed by atoms with Crippen molar-refractivity contribution in [2.24, 2.45) is 51.4 Å². The molecule has 0 saturated carbocycles. The van der Waals surface area contributed by atoms with Crippen molar-refractivity contribution >= 4 is 93.7 Å². The number of aliphatic carboxylic acids is 1. The normalized spacial score (nSPS) is 14.6. The molecule has 0 bridgehead atoms. The molecule has 0 saturated heterocycles. The first kappa shape index (κ1) is 79.6. The largest absolute Gasteiger partial charge is 0.481 e. The third-order valence-electron chi connectivity index (χ3n) is 15.4. The molecule has 0 aliphatic rings. The second kappa shape index (κ2) is 40.4. The third-order valence-corrected chi connectivity index (χ3v) is 15.4. The van der Waals surface area contributed by atoms with E-state index in [4.69, 9.17) is 28.7 Å². The Labute approximate surface area is 553 Å². The van der Waals surface area contributed by atoms with Gasteiger partial charge in [0.15, 0.2) is 5.96 Å². The van der Waals surface area contributed by atoms with Crippen molar-refractivity contribution in [3.8, 4) is 0 Å². The fraction of sp³-hybridized carbons (Fsp3) is 0.562. The highest BCUT2D eigenvalue weighted by Gasteiger charge is 2.38. The number of carbonyl (C=O) groups excluding carboxylic acids is 12.